The minimum Gasteiger partial charge on any atom is -0.357 e. The molecular weight excluding hydrogens is 294 g/mol. The second-order valence-electron chi connectivity index (χ2n) is 5.49. The summed E-state index contributed by atoms with van der Waals surface area (Å²) in [6.07, 6.45) is 4.95. The van der Waals surface area contributed by atoms with E-state index in [1.807, 2.05) is 30.8 Å². The van der Waals surface area contributed by atoms with E-state index in [2.05, 4.69) is 52.1 Å². The predicted molar refractivity (Wildman–Crippen MR) is 93.2 cm³/mol. The monoisotopic (exact) mass is 319 g/mol. The average molecular weight is 319 g/mol. The van der Waals surface area contributed by atoms with Crippen molar-refractivity contribution in [1.82, 2.24) is 20.4 Å². The van der Waals surface area contributed by atoms with Gasteiger partial charge in [-0.15, -0.1) is 11.3 Å². The number of hydrogen-bond donors (Lipinski definition) is 2. The van der Waals surface area contributed by atoms with E-state index in [9.17, 15) is 0 Å². The Kier molecular flexibility index (Phi) is 6.45. The first-order chi connectivity index (χ1) is 10.7. The van der Waals surface area contributed by atoms with Crippen LogP contribution in [0.5, 0.6) is 0 Å². The third-order valence-corrected chi connectivity index (χ3v) is 4.17. The molecule has 0 saturated carbocycles. The van der Waals surface area contributed by atoms with Crippen LogP contribution in [0.2, 0.25) is 0 Å². The van der Waals surface area contributed by atoms with E-state index in [0.717, 1.165) is 31.0 Å². The third-order valence-electron chi connectivity index (χ3n) is 3.27. The van der Waals surface area contributed by atoms with Gasteiger partial charge in [0.1, 0.15) is 0 Å². The van der Waals surface area contributed by atoms with Gasteiger partial charge in [-0.05, 0) is 30.7 Å². The zero-order valence-corrected chi connectivity index (χ0v) is 14.4. The first kappa shape index (κ1) is 16.5. The Morgan fingerprint density at radius 2 is 2.32 bits per heavy atom. The van der Waals surface area contributed by atoms with Gasteiger partial charge < -0.3 is 10.6 Å². The lowest BCUT2D eigenvalue weighted by Crippen LogP contribution is -2.39. The van der Waals surface area contributed by atoms with E-state index in [1.54, 1.807) is 4.68 Å². The van der Waals surface area contributed by atoms with Crippen molar-refractivity contribution in [2.24, 2.45) is 18.0 Å². The summed E-state index contributed by atoms with van der Waals surface area (Å²) in [7, 11) is 1.92. The first-order valence-corrected chi connectivity index (χ1v) is 8.57. The highest BCUT2D eigenvalue weighted by atomic mass is 32.1. The molecule has 2 N–H and O–H groups in total. The van der Waals surface area contributed by atoms with Gasteiger partial charge >= 0.3 is 0 Å². The molecule has 2 rings (SSSR count). The van der Waals surface area contributed by atoms with E-state index in [1.165, 1.54) is 4.88 Å². The number of thiophene rings is 1. The molecule has 22 heavy (non-hydrogen) atoms. The molecule has 0 saturated heterocycles. The second-order valence-corrected chi connectivity index (χ2v) is 6.52. The van der Waals surface area contributed by atoms with Gasteiger partial charge in [0, 0.05) is 36.8 Å². The summed E-state index contributed by atoms with van der Waals surface area (Å²) in [5, 5.41) is 13.0. The maximum absolute atomic E-state index is 4.61. The van der Waals surface area contributed by atoms with Crippen LogP contribution < -0.4 is 10.6 Å². The van der Waals surface area contributed by atoms with Gasteiger partial charge in [0.2, 0.25) is 0 Å². The quantitative estimate of drug-likeness (QED) is 0.609. The van der Waals surface area contributed by atoms with Gasteiger partial charge in [0.15, 0.2) is 5.96 Å². The van der Waals surface area contributed by atoms with Crippen molar-refractivity contribution in [3.05, 3.63) is 40.3 Å². The van der Waals surface area contributed by atoms with E-state index >= 15 is 0 Å². The van der Waals surface area contributed by atoms with E-state index in [4.69, 9.17) is 0 Å². The molecule has 0 radical (unpaired) electrons. The van der Waals surface area contributed by atoms with Crippen molar-refractivity contribution in [1.29, 1.82) is 0 Å². The van der Waals surface area contributed by atoms with Crippen LogP contribution in [0, 0.1) is 5.92 Å². The fraction of sp³-hybridized carbons (Fsp3) is 0.500. The lowest BCUT2D eigenvalue weighted by Gasteiger charge is -2.15. The highest BCUT2D eigenvalue weighted by Gasteiger charge is 2.06. The molecule has 1 unspecified atom stereocenters. The molecule has 6 heteroatoms. The maximum Gasteiger partial charge on any atom is 0.191 e. The van der Waals surface area contributed by atoms with Crippen LogP contribution in [-0.4, -0.2) is 28.8 Å². The van der Waals surface area contributed by atoms with Gasteiger partial charge in [-0.3, -0.25) is 4.68 Å². The Hall–Kier alpha value is -1.82. The fourth-order valence-corrected chi connectivity index (χ4v) is 3.05. The number of nitrogens with zero attached hydrogens (tertiary/aromatic N) is 3. The molecule has 0 aliphatic carbocycles. The molecule has 0 bridgehead atoms. The minimum absolute atomic E-state index is 0.570. The first-order valence-electron chi connectivity index (χ1n) is 7.69. The molecular formula is C16H25N5S. The number of guanidine groups is 1. The molecule has 2 heterocycles. The van der Waals surface area contributed by atoms with Gasteiger partial charge in [-0.25, -0.2) is 4.99 Å². The Morgan fingerprint density at radius 1 is 1.45 bits per heavy atom. The smallest absolute Gasteiger partial charge is 0.191 e. The number of aromatic nitrogens is 2. The Morgan fingerprint density at radius 3 is 2.95 bits per heavy atom. The molecule has 2 aromatic heterocycles. The molecule has 0 amide bonds. The van der Waals surface area contributed by atoms with Crippen molar-refractivity contribution < 1.29 is 0 Å². The number of aliphatic imine (C=N–C) groups is 1. The number of hydrogen-bond acceptors (Lipinski definition) is 3. The van der Waals surface area contributed by atoms with Crippen LogP contribution >= 0.6 is 11.3 Å². The molecule has 5 nitrogen and oxygen atoms in total. The normalized spacial score (nSPS) is 13.1. The van der Waals surface area contributed by atoms with Crippen molar-refractivity contribution in [2.75, 3.05) is 13.1 Å². The summed E-state index contributed by atoms with van der Waals surface area (Å²) in [6.45, 7) is 6.76. The SMILES string of the molecule is CCNC(=NCc1cnn(C)c1)NCC(C)Cc1cccs1. The van der Waals surface area contributed by atoms with Crippen molar-refractivity contribution >= 4 is 17.3 Å². The van der Waals surface area contributed by atoms with Crippen LogP contribution in [-0.2, 0) is 20.0 Å². The molecule has 120 valence electrons. The van der Waals surface area contributed by atoms with Crippen LogP contribution in [0.15, 0.2) is 34.9 Å². The number of rotatable bonds is 7. The Bertz CT molecular complexity index is 573. The topological polar surface area (TPSA) is 54.2 Å². The van der Waals surface area contributed by atoms with Gasteiger partial charge in [-0.2, -0.15) is 5.10 Å². The molecule has 0 fully saturated rings. The minimum atomic E-state index is 0.570. The van der Waals surface area contributed by atoms with Gasteiger partial charge in [0.25, 0.3) is 0 Å². The lowest BCUT2D eigenvalue weighted by atomic mass is 10.1. The predicted octanol–water partition coefficient (Wildman–Crippen LogP) is 2.42. The van der Waals surface area contributed by atoms with Gasteiger partial charge in [-0.1, -0.05) is 13.0 Å². The van der Waals surface area contributed by atoms with Crippen LogP contribution in [0.4, 0.5) is 0 Å². The highest BCUT2D eigenvalue weighted by molar-refractivity contribution is 7.09. The molecule has 2 aromatic rings. The molecule has 0 aliphatic heterocycles. The Balaban J connectivity index is 1.82. The second kappa shape index (κ2) is 8.58. The highest BCUT2D eigenvalue weighted by Crippen LogP contribution is 2.13. The van der Waals surface area contributed by atoms with Crippen molar-refractivity contribution in [3.8, 4) is 0 Å². The molecule has 1 atom stereocenters. The van der Waals surface area contributed by atoms with E-state index in [-0.39, 0.29) is 0 Å². The summed E-state index contributed by atoms with van der Waals surface area (Å²) >= 11 is 1.82. The van der Waals surface area contributed by atoms with E-state index in [0.29, 0.717) is 12.5 Å². The summed E-state index contributed by atoms with van der Waals surface area (Å²) in [4.78, 5) is 6.05. The summed E-state index contributed by atoms with van der Waals surface area (Å²) in [6, 6.07) is 4.31. The van der Waals surface area contributed by atoms with Gasteiger partial charge in [0.05, 0.1) is 12.7 Å². The fourth-order valence-electron chi connectivity index (χ4n) is 2.18. The lowest BCUT2D eigenvalue weighted by molar-refractivity contribution is 0.562. The third kappa shape index (κ3) is 5.52. The molecule has 0 aliphatic rings. The maximum atomic E-state index is 4.61. The largest absolute Gasteiger partial charge is 0.357 e. The number of aryl methyl sites for hydroxylation is 1. The summed E-state index contributed by atoms with van der Waals surface area (Å²) in [5.41, 5.74) is 1.12. The molecule has 0 spiro atoms. The van der Waals surface area contributed by atoms with Crippen LogP contribution in [0.25, 0.3) is 0 Å². The van der Waals surface area contributed by atoms with Crippen LogP contribution in [0.1, 0.15) is 24.3 Å². The Labute approximate surface area is 136 Å². The molecule has 0 aromatic carbocycles. The van der Waals surface area contributed by atoms with Crippen molar-refractivity contribution in [2.45, 2.75) is 26.8 Å². The van der Waals surface area contributed by atoms with Crippen LogP contribution in [0.3, 0.4) is 0 Å². The zero-order valence-electron chi connectivity index (χ0n) is 13.5. The standard InChI is InChI=1S/C16H25N5S/c1-4-17-16(19-10-14-11-20-21(3)12-14)18-9-13(2)8-15-6-5-7-22-15/h5-7,11-13H,4,8-10H2,1-3H3,(H2,17,18,19). The summed E-state index contributed by atoms with van der Waals surface area (Å²) < 4.78 is 1.80. The van der Waals surface area contributed by atoms with Crippen molar-refractivity contribution in [3.63, 3.8) is 0 Å². The average Bonchev–Trinajstić information content (AvgIpc) is 3.13. The zero-order chi connectivity index (χ0) is 15.8. The number of nitrogens with one attached hydrogen (secondary N) is 2. The van der Waals surface area contributed by atoms with E-state index < -0.39 is 0 Å². The summed E-state index contributed by atoms with van der Waals surface area (Å²) in [5.74, 6) is 1.44.